The standard InChI is InChI=1S/C18H17ClN2O2S2/c19-14-6-4-5-13(9-14)10-24-18-20-16-11-25(22,23)12-17(16)21(18)15-7-2-1-3-8-15/h1-9,16-17H,10-12H2. The molecule has 0 N–H and O–H groups in total. The minimum atomic E-state index is -3.02. The maximum absolute atomic E-state index is 12.0. The lowest BCUT2D eigenvalue weighted by Gasteiger charge is -2.26. The molecule has 2 heterocycles. The number of benzene rings is 2. The number of para-hydroxylation sites is 1. The van der Waals surface area contributed by atoms with E-state index in [1.807, 2.05) is 54.6 Å². The molecule has 0 radical (unpaired) electrons. The van der Waals surface area contributed by atoms with E-state index in [9.17, 15) is 8.42 Å². The van der Waals surface area contributed by atoms with E-state index in [0.29, 0.717) is 5.02 Å². The molecule has 2 aromatic rings. The Morgan fingerprint density at radius 2 is 1.92 bits per heavy atom. The highest BCUT2D eigenvalue weighted by Gasteiger charge is 2.47. The highest BCUT2D eigenvalue weighted by Crippen LogP contribution is 2.35. The largest absolute Gasteiger partial charge is 0.315 e. The van der Waals surface area contributed by atoms with E-state index in [1.165, 1.54) is 0 Å². The number of nitrogens with zero attached hydrogens (tertiary/aromatic N) is 2. The molecule has 4 rings (SSSR count). The fourth-order valence-corrected chi connectivity index (χ4v) is 6.42. The molecule has 0 aromatic heterocycles. The minimum Gasteiger partial charge on any atom is -0.315 e. The Morgan fingerprint density at radius 3 is 2.68 bits per heavy atom. The van der Waals surface area contributed by atoms with E-state index in [0.717, 1.165) is 22.2 Å². The second kappa shape index (κ2) is 6.67. The third-order valence-electron chi connectivity index (χ3n) is 4.40. The number of amidine groups is 1. The van der Waals surface area contributed by atoms with Crippen LogP contribution in [0.4, 0.5) is 5.69 Å². The molecule has 2 unspecified atom stereocenters. The first-order valence-corrected chi connectivity index (χ1v) is 11.2. The molecular weight excluding hydrogens is 376 g/mol. The Morgan fingerprint density at radius 1 is 1.12 bits per heavy atom. The van der Waals surface area contributed by atoms with Crippen LogP contribution in [0.3, 0.4) is 0 Å². The van der Waals surface area contributed by atoms with Crippen molar-refractivity contribution in [3.63, 3.8) is 0 Å². The third-order valence-corrected chi connectivity index (χ3v) is 7.37. The van der Waals surface area contributed by atoms with Crippen LogP contribution < -0.4 is 4.90 Å². The predicted molar refractivity (Wildman–Crippen MR) is 105 cm³/mol. The summed E-state index contributed by atoms with van der Waals surface area (Å²) in [6.45, 7) is 0. The summed E-state index contributed by atoms with van der Waals surface area (Å²) in [4.78, 5) is 6.82. The summed E-state index contributed by atoms with van der Waals surface area (Å²) in [5.41, 5.74) is 2.11. The van der Waals surface area contributed by atoms with Crippen LogP contribution in [0.2, 0.25) is 5.02 Å². The van der Waals surface area contributed by atoms with Crippen molar-refractivity contribution in [1.29, 1.82) is 0 Å². The number of fused-ring (bicyclic) bond motifs is 1. The molecule has 2 aliphatic heterocycles. The Kier molecular flexibility index (Phi) is 4.52. The summed E-state index contributed by atoms with van der Waals surface area (Å²) in [6, 6.07) is 17.4. The van der Waals surface area contributed by atoms with Crippen LogP contribution in [0.25, 0.3) is 0 Å². The van der Waals surface area contributed by atoms with Crippen LogP contribution >= 0.6 is 23.4 Å². The summed E-state index contributed by atoms with van der Waals surface area (Å²) >= 11 is 7.69. The van der Waals surface area contributed by atoms with Gasteiger partial charge in [-0.3, -0.25) is 4.99 Å². The smallest absolute Gasteiger partial charge is 0.164 e. The maximum Gasteiger partial charge on any atom is 0.164 e. The second-order valence-corrected chi connectivity index (χ2v) is 9.78. The van der Waals surface area contributed by atoms with Crippen LogP contribution in [0.15, 0.2) is 59.6 Å². The summed E-state index contributed by atoms with van der Waals surface area (Å²) in [6.07, 6.45) is 0. The first-order chi connectivity index (χ1) is 12.0. The van der Waals surface area contributed by atoms with Crippen molar-refractivity contribution < 1.29 is 8.42 Å². The Bertz CT molecular complexity index is 916. The lowest BCUT2D eigenvalue weighted by atomic mass is 10.1. The zero-order valence-electron chi connectivity index (χ0n) is 13.4. The van der Waals surface area contributed by atoms with Crippen molar-refractivity contribution in [2.24, 2.45) is 4.99 Å². The van der Waals surface area contributed by atoms with Gasteiger partial charge in [-0.15, -0.1) is 0 Å². The fraction of sp³-hybridized carbons (Fsp3) is 0.278. The van der Waals surface area contributed by atoms with Crippen LogP contribution in [0.1, 0.15) is 5.56 Å². The summed E-state index contributed by atoms with van der Waals surface area (Å²) < 4.78 is 24.1. The minimum absolute atomic E-state index is 0.103. The number of aliphatic imine (C=N–C) groups is 1. The molecule has 2 aliphatic rings. The van der Waals surface area contributed by atoms with Crippen molar-refractivity contribution in [3.05, 3.63) is 65.2 Å². The van der Waals surface area contributed by atoms with Crippen molar-refractivity contribution in [2.45, 2.75) is 17.8 Å². The number of hydrogen-bond acceptors (Lipinski definition) is 5. The molecule has 25 heavy (non-hydrogen) atoms. The highest BCUT2D eigenvalue weighted by molar-refractivity contribution is 8.13. The molecule has 0 bridgehead atoms. The van der Waals surface area contributed by atoms with E-state index >= 15 is 0 Å². The van der Waals surface area contributed by atoms with Crippen LogP contribution in [-0.4, -0.2) is 37.2 Å². The van der Waals surface area contributed by atoms with Crippen LogP contribution in [0.5, 0.6) is 0 Å². The first-order valence-electron chi connectivity index (χ1n) is 8.02. The molecule has 0 amide bonds. The van der Waals surface area contributed by atoms with Gasteiger partial charge in [0, 0.05) is 16.5 Å². The number of thioether (sulfide) groups is 1. The number of sulfone groups is 1. The Labute approximate surface area is 156 Å². The summed E-state index contributed by atoms with van der Waals surface area (Å²) in [5, 5.41) is 1.60. The molecule has 0 saturated carbocycles. The molecule has 0 spiro atoms. The van der Waals surface area contributed by atoms with Gasteiger partial charge >= 0.3 is 0 Å². The van der Waals surface area contributed by atoms with Gasteiger partial charge in [-0.2, -0.15) is 0 Å². The van der Waals surface area contributed by atoms with Crippen LogP contribution in [0, 0.1) is 0 Å². The number of halogens is 1. The van der Waals surface area contributed by atoms with Gasteiger partial charge in [0.1, 0.15) is 0 Å². The Balaban J connectivity index is 1.60. The van der Waals surface area contributed by atoms with Crippen molar-refractivity contribution in [1.82, 2.24) is 0 Å². The first kappa shape index (κ1) is 16.9. The van der Waals surface area contributed by atoms with Crippen molar-refractivity contribution in [3.8, 4) is 0 Å². The van der Waals surface area contributed by atoms with E-state index in [4.69, 9.17) is 16.6 Å². The molecule has 4 nitrogen and oxygen atoms in total. The summed E-state index contributed by atoms with van der Waals surface area (Å²) in [5.74, 6) is 1.05. The molecule has 7 heteroatoms. The zero-order valence-corrected chi connectivity index (χ0v) is 15.8. The highest BCUT2D eigenvalue weighted by atomic mass is 35.5. The summed E-state index contributed by atoms with van der Waals surface area (Å²) in [7, 11) is -3.02. The van der Waals surface area contributed by atoms with Crippen molar-refractivity contribution >= 4 is 44.1 Å². The lowest BCUT2D eigenvalue weighted by molar-refractivity contribution is 0.601. The fourth-order valence-electron chi connectivity index (χ4n) is 3.30. The van der Waals surface area contributed by atoms with Gasteiger partial charge in [-0.05, 0) is 29.8 Å². The van der Waals surface area contributed by atoms with Gasteiger partial charge in [-0.25, -0.2) is 8.42 Å². The second-order valence-electron chi connectivity index (χ2n) is 6.25. The number of rotatable bonds is 3. The number of anilines is 1. The van der Waals surface area contributed by atoms with Gasteiger partial charge in [-0.1, -0.05) is 53.7 Å². The van der Waals surface area contributed by atoms with Crippen LogP contribution in [-0.2, 0) is 15.6 Å². The normalized spacial score (nSPS) is 24.2. The molecule has 1 fully saturated rings. The quantitative estimate of drug-likeness (QED) is 0.800. The number of hydrogen-bond donors (Lipinski definition) is 0. The average Bonchev–Trinajstić information content (AvgIpc) is 3.05. The maximum atomic E-state index is 12.0. The van der Waals surface area contributed by atoms with E-state index in [-0.39, 0.29) is 23.6 Å². The molecule has 2 aromatic carbocycles. The predicted octanol–water partition coefficient (Wildman–Crippen LogP) is 3.62. The molecule has 1 saturated heterocycles. The third kappa shape index (κ3) is 3.57. The van der Waals surface area contributed by atoms with Gasteiger partial charge in [0.15, 0.2) is 15.0 Å². The van der Waals surface area contributed by atoms with E-state index < -0.39 is 9.84 Å². The van der Waals surface area contributed by atoms with Gasteiger partial charge in [0.2, 0.25) is 0 Å². The SMILES string of the molecule is O=S1(=O)CC2N=C(SCc3cccc(Cl)c3)N(c3ccccc3)C2C1. The van der Waals surface area contributed by atoms with E-state index in [1.54, 1.807) is 11.8 Å². The topological polar surface area (TPSA) is 49.7 Å². The lowest BCUT2D eigenvalue weighted by Crippen LogP contribution is -2.39. The average molecular weight is 393 g/mol. The molecule has 130 valence electrons. The van der Waals surface area contributed by atoms with E-state index in [2.05, 4.69) is 4.90 Å². The Hall–Kier alpha value is -1.50. The van der Waals surface area contributed by atoms with Gasteiger partial charge in [0.25, 0.3) is 0 Å². The van der Waals surface area contributed by atoms with Crippen molar-refractivity contribution in [2.75, 3.05) is 16.4 Å². The van der Waals surface area contributed by atoms with Gasteiger partial charge < -0.3 is 4.90 Å². The molecule has 0 aliphatic carbocycles. The molecular formula is C18H17ClN2O2S2. The zero-order chi connectivity index (χ0) is 17.4. The monoisotopic (exact) mass is 392 g/mol. The van der Waals surface area contributed by atoms with Gasteiger partial charge in [0.05, 0.1) is 23.6 Å². The molecule has 2 atom stereocenters.